The monoisotopic (exact) mass is 469 g/mol. The van der Waals surface area contributed by atoms with Crippen LogP contribution < -0.4 is 10.1 Å². The normalized spacial score (nSPS) is 11.1. The Morgan fingerprint density at radius 2 is 1.68 bits per heavy atom. The molecule has 4 aromatic carbocycles. The van der Waals surface area contributed by atoms with Crippen molar-refractivity contribution in [2.24, 2.45) is 0 Å². The Morgan fingerprint density at radius 3 is 2.56 bits per heavy atom. The van der Waals surface area contributed by atoms with E-state index in [0.29, 0.717) is 36.7 Å². The summed E-state index contributed by atoms with van der Waals surface area (Å²) in [5.41, 5.74) is 2.58. The zero-order chi connectivity index (χ0) is 23.3. The van der Waals surface area contributed by atoms with Gasteiger partial charge in [-0.2, -0.15) is 0 Å². The fourth-order valence-corrected chi connectivity index (χ4v) is 4.25. The molecule has 5 rings (SSSR count). The van der Waals surface area contributed by atoms with Gasteiger partial charge in [0.25, 0.3) is 5.91 Å². The number of hydrogen-bond donors (Lipinski definition) is 1. The zero-order valence-electron chi connectivity index (χ0n) is 18.6. The van der Waals surface area contributed by atoms with Gasteiger partial charge in [0.15, 0.2) is 0 Å². The van der Waals surface area contributed by atoms with Crippen LogP contribution in [-0.4, -0.2) is 28.6 Å². The summed E-state index contributed by atoms with van der Waals surface area (Å²) in [6.07, 6.45) is 0.613. The average molecular weight is 470 g/mol. The first-order valence-electron chi connectivity index (χ1n) is 11.3. The van der Waals surface area contributed by atoms with E-state index >= 15 is 0 Å². The van der Waals surface area contributed by atoms with Gasteiger partial charge in [0.05, 0.1) is 17.6 Å². The van der Waals surface area contributed by atoms with Crippen molar-refractivity contribution >= 4 is 39.3 Å². The van der Waals surface area contributed by atoms with E-state index < -0.39 is 0 Å². The largest absolute Gasteiger partial charge is 0.491 e. The Morgan fingerprint density at radius 1 is 0.912 bits per heavy atom. The molecule has 0 saturated carbocycles. The third kappa shape index (κ3) is 4.75. The molecule has 1 N–H and O–H groups in total. The van der Waals surface area contributed by atoms with E-state index in [9.17, 15) is 4.79 Å². The molecule has 6 heteroatoms. The lowest BCUT2D eigenvalue weighted by molar-refractivity contribution is 0.0954. The number of nitrogens with one attached hydrogen (secondary N) is 1. The highest BCUT2D eigenvalue weighted by atomic mass is 35.5. The lowest BCUT2D eigenvalue weighted by Gasteiger charge is -2.13. The first kappa shape index (κ1) is 22.0. The molecule has 0 aliphatic carbocycles. The summed E-state index contributed by atoms with van der Waals surface area (Å²) in [5.74, 6) is 1.66. The molecule has 1 aromatic heterocycles. The maximum absolute atomic E-state index is 12.4. The van der Waals surface area contributed by atoms with Crippen molar-refractivity contribution in [2.75, 3.05) is 13.2 Å². The van der Waals surface area contributed by atoms with Gasteiger partial charge >= 0.3 is 0 Å². The molecule has 34 heavy (non-hydrogen) atoms. The molecule has 0 radical (unpaired) electrons. The fourth-order valence-electron chi connectivity index (χ4n) is 4.13. The van der Waals surface area contributed by atoms with E-state index in [2.05, 4.69) is 34.1 Å². The summed E-state index contributed by atoms with van der Waals surface area (Å²) in [4.78, 5) is 17.2. The Balaban J connectivity index is 1.28. The standard InChI is InChI=1S/C28H24ClN3O2/c29-22-14-12-21(13-15-22)28(33)30-17-16-27-31-24-9-3-4-10-25(24)32(27)18-19-34-26-11-5-7-20-6-1-2-8-23(20)26/h1-15H,16-19H2,(H,30,33). The van der Waals surface area contributed by atoms with Gasteiger partial charge in [0, 0.05) is 28.9 Å². The Hall–Kier alpha value is -3.83. The molecule has 0 aliphatic rings. The predicted molar refractivity (Wildman–Crippen MR) is 137 cm³/mol. The molecule has 5 nitrogen and oxygen atoms in total. The summed E-state index contributed by atoms with van der Waals surface area (Å²) in [6.45, 7) is 1.65. The number of halogens is 1. The maximum atomic E-state index is 12.4. The number of nitrogens with zero attached hydrogens (tertiary/aromatic N) is 2. The van der Waals surface area contributed by atoms with Crippen LogP contribution in [0, 0.1) is 0 Å². The molecule has 1 amide bonds. The summed E-state index contributed by atoms with van der Waals surface area (Å²) in [7, 11) is 0. The van der Waals surface area contributed by atoms with Crippen molar-refractivity contribution in [2.45, 2.75) is 13.0 Å². The number of aromatic nitrogens is 2. The van der Waals surface area contributed by atoms with Gasteiger partial charge in [-0.15, -0.1) is 0 Å². The number of ether oxygens (including phenoxy) is 1. The van der Waals surface area contributed by atoms with Crippen molar-refractivity contribution < 1.29 is 9.53 Å². The van der Waals surface area contributed by atoms with Crippen LogP contribution >= 0.6 is 11.6 Å². The molecule has 0 fully saturated rings. The van der Waals surface area contributed by atoms with Gasteiger partial charge in [-0.25, -0.2) is 4.98 Å². The molecular formula is C28H24ClN3O2. The number of imidazole rings is 1. The molecule has 0 spiro atoms. The molecule has 5 aromatic rings. The van der Waals surface area contributed by atoms with Crippen molar-refractivity contribution in [1.82, 2.24) is 14.9 Å². The van der Waals surface area contributed by atoms with Crippen LogP contribution in [0.15, 0.2) is 91.0 Å². The summed E-state index contributed by atoms with van der Waals surface area (Å²) in [5, 5.41) is 5.84. The quantitative estimate of drug-likeness (QED) is 0.308. The minimum absolute atomic E-state index is 0.126. The molecule has 0 bridgehead atoms. The van der Waals surface area contributed by atoms with Crippen molar-refractivity contribution in [3.63, 3.8) is 0 Å². The number of hydrogen-bond acceptors (Lipinski definition) is 3. The minimum Gasteiger partial charge on any atom is -0.491 e. The average Bonchev–Trinajstić information content (AvgIpc) is 3.22. The molecule has 170 valence electrons. The van der Waals surface area contributed by atoms with Crippen LogP contribution in [-0.2, 0) is 13.0 Å². The number of para-hydroxylation sites is 2. The first-order valence-corrected chi connectivity index (χ1v) is 11.7. The van der Waals surface area contributed by atoms with Crippen molar-refractivity contribution in [3.05, 3.63) is 107 Å². The lowest BCUT2D eigenvalue weighted by Crippen LogP contribution is -2.26. The third-order valence-electron chi connectivity index (χ3n) is 5.80. The van der Waals surface area contributed by atoms with Crippen LogP contribution in [0.5, 0.6) is 5.75 Å². The van der Waals surface area contributed by atoms with E-state index in [1.165, 1.54) is 0 Å². The van der Waals surface area contributed by atoms with E-state index in [1.54, 1.807) is 24.3 Å². The Bertz CT molecular complexity index is 1440. The van der Waals surface area contributed by atoms with E-state index in [4.69, 9.17) is 21.3 Å². The highest BCUT2D eigenvalue weighted by Crippen LogP contribution is 2.25. The second kappa shape index (κ2) is 9.98. The molecule has 1 heterocycles. The smallest absolute Gasteiger partial charge is 0.251 e. The highest BCUT2D eigenvalue weighted by Gasteiger charge is 2.12. The SMILES string of the molecule is O=C(NCCc1nc2ccccc2n1CCOc1cccc2ccccc12)c1ccc(Cl)cc1. The van der Waals surface area contributed by atoms with Crippen LogP contribution in [0.1, 0.15) is 16.2 Å². The third-order valence-corrected chi connectivity index (χ3v) is 6.05. The van der Waals surface area contributed by atoms with Crippen LogP contribution in [0.25, 0.3) is 21.8 Å². The topological polar surface area (TPSA) is 56.2 Å². The van der Waals surface area contributed by atoms with Gasteiger partial charge in [-0.3, -0.25) is 4.79 Å². The highest BCUT2D eigenvalue weighted by molar-refractivity contribution is 6.30. The van der Waals surface area contributed by atoms with Gasteiger partial charge in [-0.05, 0) is 47.9 Å². The van der Waals surface area contributed by atoms with E-state index in [1.807, 2.05) is 42.5 Å². The van der Waals surface area contributed by atoms with Gasteiger partial charge in [0.1, 0.15) is 18.2 Å². The fraction of sp³-hybridized carbons (Fsp3) is 0.143. The molecule has 0 atom stereocenters. The van der Waals surface area contributed by atoms with E-state index in [0.717, 1.165) is 33.4 Å². The van der Waals surface area contributed by atoms with Crippen LogP contribution in [0.4, 0.5) is 0 Å². The van der Waals surface area contributed by atoms with E-state index in [-0.39, 0.29) is 5.91 Å². The van der Waals surface area contributed by atoms with Crippen molar-refractivity contribution in [3.8, 4) is 5.75 Å². The molecule has 0 aliphatic heterocycles. The Kier molecular flexibility index (Phi) is 6.45. The first-order chi connectivity index (χ1) is 16.7. The van der Waals surface area contributed by atoms with Crippen LogP contribution in [0.3, 0.4) is 0 Å². The second-order valence-corrected chi connectivity index (χ2v) is 8.44. The number of carbonyl (C=O) groups is 1. The van der Waals surface area contributed by atoms with Crippen molar-refractivity contribution in [1.29, 1.82) is 0 Å². The number of fused-ring (bicyclic) bond motifs is 2. The maximum Gasteiger partial charge on any atom is 0.251 e. The van der Waals surface area contributed by atoms with Gasteiger partial charge in [0.2, 0.25) is 0 Å². The predicted octanol–water partition coefficient (Wildman–Crippen LogP) is 5.89. The molecule has 0 saturated heterocycles. The lowest BCUT2D eigenvalue weighted by atomic mass is 10.1. The zero-order valence-corrected chi connectivity index (χ0v) is 19.3. The second-order valence-electron chi connectivity index (χ2n) is 8.01. The van der Waals surface area contributed by atoms with Crippen LogP contribution in [0.2, 0.25) is 5.02 Å². The van der Waals surface area contributed by atoms with Gasteiger partial charge in [-0.1, -0.05) is 60.1 Å². The number of benzene rings is 4. The Labute approximate surface area is 203 Å². The van der Waals surface area contributed by atoms with Gasteiger partial charge < -0.3 is 14.6 Å². The molecular weight excluding hydrogens is 446 g/mol. The minimum atomic E-state index is -0.126. The summed E-state index contributed by atoms with van der Waals surface area (Å²) in [6, 6.07) is 29.2. The summed E-state index contributed by atoms with van der Waals surface area (Å²) < 4.78 is 8.35. The number of carbonyl (C=O) groups excluding carboxylic acids is 1. The number of amides is 1. The number of rotatable bonds is 8. The molecule has 0 unspecified atom stereocenters. The summed E-state index contributed by atoms with van der Waals surface area (Å²) >= 11 is 5.91.